The number of benzene rings is 2. The molecule has 2 aromatic carbocycles. The Labute approximate surface area is 153 Å². The molecule has 1 amide bonds. The summed E-state index contributed by atoms with van der Waals surface area (Å²) in [4.78, 5) is 21.1. The molecule has 0 radical (unpaired) electrons. The number of fused-ring (bicyclic) bond motifs is 2. The van der Waals surface area contributed by atoms with Crippen LogP contribution in [0.5, 0.6) is 11.5 Å². The summed E-state index contributed by atoms with van der Waals surface area (Å²) in [7, 11) is 1.51. The molecule has 2 N–H and O–H groups in total. The van der Waals surface area contributed by atoms with E-state index in [9.17, 15) is 14.3 Å². The number of rotatable bonds is 3. The minimum absolute atomic E-state index is 0.00282. The van der Waals surface area contributed by atoms with Gasteiger partial charge in [-0.05, 0) is 30.3 Å². The highest BCUT2D eigenvalue weighted by molar-refractivity contribution is 6.14. The quantitative estimate of drug-likeness (QED) is 0.540. The van der Waals surface area contributed by atoms with Gasteiger partial charge in [0.05, 0.1) is 30.1 Å². The van der Waals surface area contributed by atoms with Crippen molar-refractivity contribution in [1.29, 1.82) is 0 Å². The molecule has 134 valence electrons. The lowest BCUT2D eigenvalue weighted by molar-refractivity contribution is 0.102. The standard InChI is InChI=1S/C20H14FN3O3/c1-27-16-6-2-4-11-8-13-18(24-17(11)16)14(9-15(21)19(13)25)20(26)23-12-5-3-7-22-10-12/h2-10,25H,1H3,(H,23,26). The molecule has 0 aliphatic rings. The van der Waals surface area contributed by atoms with Crippen LogP contribution in [0.2, 0.25) is 0 Å². The molecule has 7 heteroatoms. The largest absolute Gasteiger partial charge is 0.504 e. The highest BCUT2D eigenvalue weighted by atomic mass is 19.1. The van der Waals surface area contributed by atoms with Crippen LogP contribution in [0.1, 0.15) is 10.4 Å². The fraction of sp³-hybridized carbons (Fsp3) is 0.0500. The van der Waals surface area contributed by atoms with E-state index >= 15 is 0 Å². The Bertz CT molecular complexity index is 1180. The summed E-state index contributed by atoms with van der Waals surface area (Å²) in [5, 5.41) is 13.6. The van der Waals surface area contributed by atoms with Crippen molar-refractivity contribution in [2.24, 2.45) is 0 Å². The van der Waals surface area contributed by atoms with Crippen molar-refractivity contribution in [3.8, 4) is 11.5 Å². The number of pyridine rings is 2. The molecule has 0 unspecified atom stereocenters. The van der Waals surface area contributed by atoms with Crippen LogP contribution in [-0.4, -0.2) is 28.1 Å². The van der Waals surface area contributed by atoms with Crippen LogP contribution in [0, 0.1) is 5.82 Å². The zero-order chi connectivity index (χ0) is 19.0. The van der Waals surface area contributed by atoms with E-state index in [1.54, 1.807) is 42.6 Å². The fourth-order valence-electron chi connectivity index (χ4n) is 2.92. The van der Waals surface area contributed by atoms with Crippen molar-refractivity contribution in [2.75, 3.05) is 12.4 Å². The van der Waals surface area contributed by atoms with Crippen LogP contribution < -0.4 is 10.1 Å². The molecule has 6 nitrogen and oxygen atoms in total. The van der Waals surface area contributed by atoms with Crippen LogP contribution >= 0.6 is 0 Å². The summed E-state index contributed by atoms with van der Waals surface area (Å²) in [5.74, 6) is -1.51. The van der Waals surface area contributed by atoms with E-state index in [4.69, 9.17) is 4.74 Å². The predicted molar refractivity (Wildman–Crippen MR) is 99.6 cm³/mol. The first kappa shape index (κ1) is 16.7. The Morgan fingerprint density at radius 1 is 1.19 bits per heavy atom. The molecular formula is C20H14FN3O3. The first-order valence-electron chi connectivity index (χ1n) is 8.09. The number of para-hydroxylation sites is 1. The van der Waals surface area contributed by atoms with Gasteiger partial charge < -0.3 is 15.2 Å². The maximum Gasteiger partial charge on any atom is 0.258 e. The van der Waals surface area contributed by atoms with Crippen LogP contribution in [0.4, 0.5) is 10.1 Å². The lowest BCUT2D eigenvalue weighted by atomic mass is 10.0. The number of methoxy groups -OCH3 is 1. The number of nitrogens with one attached hydrogen (secondary N) is 1. The molecule has 0 saturated carbocycles. The number of carbonyl (C=O) groups excluding carboxylic acids is 1. The molecule has 0 bridgehead atoms. The van der Waals surface area contributed by atoms with Gasteiger partial charge in [-0.3, -0.25) is 9.78 Å². The second kappa shape index (κ2) is 6.53. The Hall–Kier alpha value is -3.74. The van der Waals surface area contributed by atoms with Crippen LogP contribution in [0.15, 0.2) is 54.9 Å². The van der Waals surface area contributed by atoms with Crippen molar-refractivity contribution in [3.63, 3.8) is 0 Å². The van der Waals surface area contributed by atoms with Crippen LogP contribution in [0.25, 0.3) is 21.8 Å². The van der Waals surface area contributed by atoms with Crippen LogP contribution in [0.3, 0.4) is 0 Å². The molecular weight excluding hydrogens is 349 g/mol. The average molecular weight is 363 g/mol. The van der Waals surface area contributed by atoms with Gasteiger partial charge in [0.15, 0.2) is 11.6 Å². The van der Waals surface area contributed by atoms with Gasteiger partial charge in [0.2, 0.25) is 0 Å². The third kappa shape index (κ3) is 2.89. The second-order valence-corrected chi connectivity index (χ2v) is 5.87. The number of phenolic OH excluding ortho intramolecular Hbond substituents is 1. The fourth-order valence-corrected chi connectivity index (χ4v) is 2.92. The van der Waals surface area contributed by atoms with Crippen molar-refractivity contribution < 1.29 is 19.0 Å². The topological polar surface area (TPSA) is 84.3 Å². The van der Waals surface area contributed by atoms with Gasteiger partial charge in [-0.2, -0.15) is 0 Å². The zero-order valence-corrected chi connectivity index (χ0v) is 14.2. The molecule has 0 fully saturated rings. The van der Waals surface area contributed by atoms with E-state index in [0.29, 0.717) is 22.3 Å². The van der Waals surface area contributed by atoms with E-state index in [0.717, 1.165) is 6.07 Å². The number of ether oxygens (including phenoxy) is 1. The molecule has 0 atom stereocenters. The van der Waals surface area contributed by atoms with E-state index in [1.165, 1.54) is 13.3 Å². The number of phenols is 1. The first-order chi connectivity index (χ1) is 13.1. The van der Waals surface area contributed by atoms with Gasteiger partial charge in [-0.15, -0.1) is 0 Å². The first-order valence-corrected chi connectivity index (χ1v) is 8.09. The summed E-state index contributed by atoms with van der Waals surface area (Å²) in [5.41, 5.74) is 1.14. The SMILES string of the molecule is COc1cccc2cc3c(O)c(F)cc(C(=O)Nc4cccnc4)c3nc12. The number of hydrogen-bond acceptors (Lipinski definition) is 5. The predicted octanol–water partition coefficient (Wildman–Crippen LogP) is 3.89. The van der Waals surface area contributed by atoms with Crippen molar-refractivity contribution in [3.05, 3.63) is 66.2 Å². The number of hydrogen-bond donors (Lipinski definition) is 2. The summed E-state index contributed by atoms with van der Waals surface area (Å²) < 4.78 is 19.6. The smallest absolute Gasteiger partial charge is 0.258 e. The number of halogens is 1. The van der Waals surface area contributed by atoms with Crippen LogP contribution in [-0.2, 0) is 0 Å². The summed E-state index contributed by atoms with van der Waals surface area (Å²) in [6.07, 6.45) is 3.05. The van der Waals surface area contributed by atoms with Gasteiger partial charge >= 0.3 is 0 Å². The lowest BCUT2D eigenvalue weighted by Gasteiger charge is -2.12. The summed E-state index contributed by atoms with van der Waals surface area (Å²) in [6.45, 7) is 0. The Kier molecular flexibility index (Phi) is 4.04. The third-order valence-corrected chi connectivity index (χ3v) is 4.20. The molecule has 0 saturated heterocycles. The minimum Gasteiger partial charge on any atom is -0.504 e. The maximum atomic E-state index is 14.3. The third-order valence-electron chi connectivity index (χ3n) is 4.20. The molecule has 27 heavy (non-hydrogen) atoms. The molecule has 4 aromatic rings. The number of anilines is 1. The summed E-state index contributed by atoms with van der Waals surface area (Å²) >= 11 is 0. The molecule has 0 aliphatic heterocycles. The van der Waals surface area contributed by atoms with E-state index < -0.39 is 17.5 Å². The number of aromatic hydroxyl groups is 1. The lowest BCUT2D eigenvalue weighted by Crippen LogP contribution is -2.13. The molecule has 0 spiro atoms. The van der Waals surface area contributed by atoms with E-state index in [-0.39, 0.29) is 16.5 Å². The Morgan fingerprint density at radius 2 is 2.04 bits per heavy atom. The number of aromatic nitrogens is 2. The molecule has 2 heterocycles. The van der Waals surface area contributed by atoms with Crippen molar-refractivity contribution >= 4 is 33.4 Å². The Balaban J connectivity index is 1.95. The second-order valence-electron chi connectivity index (χ2n) is 5.87. The summed E-state index contributed by atoms with van der Waals surface area (Å²) in [6, 6.07) is 11.2. The van der Waals surface area contributed by atoms with Crippen molar-refractivity contribution in [2.45, 2.75) is 0 Å². The minimum atomic E-state index is -0.900. The number of amides is 1. The van der Waals surface area contributed by atoms with E-state index in [2.05, 4.69) is 15.3 Å². The highest BCUT2D eigenvalue weighted by Gasteiger charge is 2.19. The average Bonchev–Trinajstić information content (AvgIpc) is 2.69. The van der Waals surface area contributed by atoms with Gasteiger partial charge in [0, 0.05) is 17.0 Å². The maximum absolute atomic E-state index is 14.3. The molecule has 4 rings (SSSR count). The Morgan fingerprint density at radius 3 is 2.78 bits per heavy atom. The van der Waals surface area contributed by atoms with Gasteiger partial charge in [-0.1, -0.05) is 12.1 Å². The van der Waals surface area contributed by atoms with E-state index in [1.807, 2.05) is 0 Å². The van der Waals surface area contributed by atoms with Crippen molar-refractivity contribution in [1.82, 2.24) is 9.97 Å². The number of nitrogens with zero attached hydrogens (tertiary/aromatic N) is 2. The zero-order valence-electron chi connectivity index (χ0n) is 14.2. The van der Waals surface area contributed by atoms with Gasteiger partial charge in [0.25, 0.3) is 5.91 Å². The van der Waals surface area contributed by atoms with Gasteiger partial charge in [0.1, 0.15) is 11.3 Å². The highest BCUT2D eigenvalue weighted by Crippen LogP contribution is 2.34. The normalized spacial score (nSPS) is 10.9. The molecule has 2 aromatic heterocycles. The number of carbonyl (C=O) groups is 1. The van der Waals surface area contributed by atoms with Gasteiger partial charge in [-0.25, -0.2) is 9.37 Å². The monoisotopic (exact) mass is 363 g/mol. The molecule has 0 aliphatic carbocycles.